The number of hydrogen-bond donors (Lipinski definition) is 7. The van der Waals surface area contributed by atoms with Gasteiger partial charge in [-0.15, -0.1) is 0 Å². The molecule has 13 nitrogen and oxygen atoms in total. The number of carboxylic acid groups (broad SMARTS) is 2. The normalized spacial score (nSPS) is 13.7. The maximum absolute atomic E-state index is 12.7. The quantitative estimate of drug-likeness (QED) is 0.180. The van der Waals surface area contributed by atoms with Crippen LogP contribution in [0.25, 0.3) is 0 Å². The molecule has 0 saturated heterocycles. The number of nitrogens with zero attached hydrogens (tertiary/aromatic N) is 1. The van der Waals surface area contributed by atoms with E-state index in [1.54, 1.807) is 0 Å². The van der Waals surface area contributed by atoms with Crippen LogP contribution in [0.15, 0.2) is 12.5 Å². The van der Waals surface area contributed by atoms with Gasteiger partial charge in [0, 0.05) is 18.3 Å². The molecule has 0 aliphatic carbocycles. The molecule has 0 radical (unpaired) electrons. The molecule has 8 N–H and O–H groups in total. The highest BCUT2D eigenvalue weighted by Crippen LogP contribution is 2.07. The van der Waals surface area contributed by atoms with E-state index in [1.165, 1.54) is 12.5 Å². The third-order valence-electron chi connectivity index (χ3n) is 4.10. The summed E-state index contributed by atoms with van der Waals surface area (Å²) in [5, 5.41) is 24.5. The van der Waals surface area contributed by atoms with Gasteiger partial charge in [0.2, 0.25) is 17.7 Å². The fourth-order valence-electron chi connectivity index (χ4n) is 2.65. The predicted molar refractivity (Wildman–Crippen MR) is 106 cm³/mol. The van der Waals surface area contributed by atoms with Crippen molar-refractivity contribution < 1.29 is 34.2 Å². The van der Waals surface area contributed by atoms with Gasteiger partial charge in [0.1, 0.15) is 18.6 Å². The standard InChI is InChI=1S/C18H28N6O7/c1-9(2)3-12(23-16(29)11(19)4-10-6-20-8-22-10)18(31)24-13(5-14(25)26)17(30)21-7-15(27)28/h6,8-9,11-13H,3-5,7,19H2,1-2H3,(H,20,22)(H,21,30)(H,23,29)(H,24,31)(H,25,26)(H,27,28). The van der Waals surface area contributed by atoms with E-state index in [1.807, 2.05) is 19.2 Å². The summed E-state index contributed by atoms with van der Waals surface area (Å²) in [6, 6.07) is -3.57. The van der Waals surface area contributed by atoms with Gasteiger partial charge in [-0.2, -0.15) is 0 Å². The van der Waals surface area contributed by atoms with Gasteiger partial charge in [-0.05, 0) is 12.3 Å². The van der Waals surface area contributed by atoms with Crippen LogP contribution in [0.4, 0.5) is 0 Å². The summed E-state index contributed by atoms with van der Waals surface area (Å²) in [6.45, 7) is 2.88. The molecule has 0 aliphatic heterocycles. The SMILES string of the molecule is CC(C)CC(NC(=O)C(N)Cc1cnc[nH]1)C(=O)NC(CC(=O)O)C(=O)NCC(=O)O. The number of nitrogens with one attached hydrogen (secondary N) is 4. The van der Waals surface area contributed by atoms with Crippen molar-refractivity contribution in [2.75, 3.05) is 6.54 Å². The zero-order valence-corrected chi connectivity index (χ0v) is 17.3. The summed E-state index contributed by atoms with van der Waals surface area (Å²) in [6.07, 6.45) is 2.54. The molecule has 1 aromatic rings. The highest BCUT2D eigenvalue weighted by molar-refractivity contribution is 5.95. The minimum atomic E-state index is -1.52. The molecular weight excluding hydrogens is 412 g/mol. The Kier molecular flexibility index (Phi) is 10.1. The number of carboxylic acids is 2. The van der Waals surface area contributed by atoms with Gasteiger partial charge in [-0.3, -0.25) is 24.0 Å². The van der Waals surface area contributed by atoms with Gasteiger partial charge in [0.25, 0.3) is 0 Å². The summed E-state index contributed by atoms with van der Waals surface area (Å²) >= 11 is 0. The van der Waals surface area contributed by atoms with E-state index in [0.29, 0.717) is 5.69 Å². The Balaban J connectivity index is 2.85. The molecule has 1 aromatic heterocycles. The fraction of sp³-hybridized carbons (Fsp3) is 0.556. The van der Waals surface area contributed by atoms with Crippen molar-refractivity contribution in [3.05, 3.63) is 18.2 Å². The summed E-state index contributed by atoms with van der Waals surface area (Å²) < 4.78 is 0. The second-order valence-electron chi connectivity index (χ2n) is 7.35. The Morgan fingerprint density at radius 3 is 2.19 bits per heavy atom. The van der Waals surface area contributed by atoms with E-state index in [9.17, 15) is 24.0 Å². The molecule has 13 heteroatoms. The fourth-order valence-corrected chi connectivity index (χ4v) is 2.65. The number of amides is 3. The van der Waals surface area contributed by atoms with Gasteiger partial charge in [0.05, 0.1) is 18.8 Å². The van der Waals surface area contributed by atoms with Crippen molar-refractivity contribution in [2.24, 2.45) is 11.7 Å². The number of carbonyl (C=O) groups excluding carboxylic acids is 3. The molecule has 0 saturated carbocycles. The average Bonchev–Trinajstić information content (AvgIpc) is 3.17. The molecule has 3 unspecified atom stereocenters. The number of hydrogen-bond acceptors (Lipinski definition) is 7. The average molecular weight is 440 g/mol. The van der Waals surface area contributed by atoms with Gasteiger partial charge < -0.3 is 36.9 Å². The lowest BCUT2D eigenvalue weighted by Gasteiger charge is -2.24. The monoisotopic (exact) mass is 440 g/mol. The van der Waals surface area contributed by atoms with Crippen molar-refractivity contribution in [3.8, 4) is 0 Å². The number of H-pyrrole nitrogens is 1. The molecule has 172 valence electrons. The first-order valence-electron chi connectivity index (χ1n) is 9.54. The number of aromatic amines is 1. The minimum absolute atomic E-state index is 0.0290. The molecule has 0 spiro atoms. The number of carbonyl (C=O) groups is 5. The van der Waals surface area contributed by atoms with Crippen LogP contribution in [0.5, 0.6) is 0 Å². The second-order valence-corrected chi connectivity index (χ2v) is 7.35. The van der Waals surface area contributed by atoms with Crippen molar-refractivity contribution in [3.63, 3.8) is 0 Å². The zero-order valence-electron chi connectivity index (χ0n) is 17.3. The number of nitrogens with two attached hydrogens (primary N) is 1. The first-order chi connectivity index (χ1) is 14.5. The van der Waals surface area contributed by atoms with Crippen molar-refractivity contribution in [1.82, 2.24) is 25.9 Å². The molecule has 31 heavy (non-hydrogen) atoms. The third kappa shape index (κ3) is 9.71. The van der Waals surface area contributed by atoms with Crippen LogP contribution in [-0.2, 0) is 30.4 Å². The topological polar surface area (TPSA) is 217 Å². The number of imidazole rings is 1. The lowest BCUT2D eigenvalue weighted by Crippen LogP contribution is -2.56. The van der Waals surface area contributed by atoms with Crippen molar-refractivity contribution in [1.29, 1.82) is 0 Å². The summed E-state index contributed by atoms with van der Waals surface area (Å²) in [5.41, 5.74) is 6.51. The van der Waals surface area contributed by atoms with Gasteiger partial charge >= 0.3 is 11.9 Å². The van der Waals surface area contributed by atoms with Crippen LogP contribution >= 0.6 is 0 Å². The van der Waals surface area contributed by atoms with E-state index in [2.05, 4.69) is 20.6 Å². The van der Waals surface area contributed by atoms with Crippen LogP contribution in [0.3, 0.4) is 0 Å². The maximum atomic E-state index is 12.7. The summed E-state index contributed by atoms with van der Waals surface area (Å²) in [5.74, 6) is -5.10. The Labute approximate surface area is 178 Å². The Morgan fingerprint density at radius 2 is 1.68 bits per heavy atom. The molecule has 1 rings (SSSR count). The molecule has 3 atom stereocenters. The Hall–Kier alpha value is -3.48. The van der Waals surface area contributed by atoms with Crippen LogP contribution in [0.1, 0.15) is 32.4 Å². The molecular formula is C18H28N6O7. The largest absolute Gasteiger partial charge is 0.481 e. The van der Waals surface area contributed by atoms with E-state index >= 15 is 0 Å². The van der Waals surface area contributed by atoms with Crippen molar-refractivity contribution >= 4 is 29.7 Å². The zero-order chi connectivity index (χ0) is 23.6. The Morgan fingerprint density at radius 1 is 1.03 bits per heavy atom. The van der Waals surface area contributed by atoms with Crippen molar-refractivity contribution in [2.45, 2.75) is 51.2 Å². The molecule has 3 amide bonds. The summed E-state index contributed by atoms with van der Waals surface area (Å²) in [4.78, 5) is 65.6. The highest BCUT2D eigenvalue weighted by Gasteiger charge is 2.30. The highest BCUT2D eigenvalue weighted by atomic mass is 16.4. The van der Waals surface area contributed by atoms with E-state index in [4.69, 9.17) is 15.9 Å². The predicted octanol–water partition coefficient (Wildman–Crippen LogP) is -2.03. The second kappa shape index (κ2) is 12.3. The van der Waals surface area contributed by atoms with Gasteiger partial charge in [0.15, 0.2) is 0 Å². The maximum Gasteiger partial charge on any atom is 0.322 e. The number of aromatic nitrogens is 2. The Bertz CT molecular complexity index is 780. The number of aliphatic carboxylic acids is 2. The third-order valence-corrected chi connectivity index (χ3v) is 4.10. The van der Waals surface area contributed by atoms with Crippen LogP contribution in [0.2, 0.25) is 0 Å². The molecule has 1 heterocycles. The van der Waals surface area contributed by atoms with Crippen LogP contribution in [-0.4, -0.2) is 74.5 Å². The van der Waals surface area contributed by atoms with Crippen LogP contribution < -0.4 is 21.7 Å². The smallest absolute Gasteiger partial charge is 0.322 e. The van der Waals surface area contributed by atoms with Gasteiger partial charge in [-0.1, -0.05) is 13.8 Å². The van der Waals surface area contributed by atoms with Gasteiger partial charge in [-0.25, -0.2) is 4.98 Å². The van der Waals surface area contributed by atoms with Crippen LogP contribution in [0, 0.1) is 5.92 Å². The first-order valence-corrected chi connectivity index (χ1v) is 9.54. The minimum Gasteiger partial charge on any atom is -0.481 e. The lowest BCUT2D eigenvalue weighted by molar-refractivity contribution is -0.141. The molecule has 0 aliphatic rings. The molecule has 0 fully saturated rings. The molecule has 0 bridgehead atoms. The van der Waals surface area contributed by atoms with E-state index in [0.717, 1.165) is 0 Å². The van der Waals surface area contributed by atoms with E-state index in [-0.39, 0.29) is 18.8 Å². The lowest BCUT2D eigenvalue weighted by atomic mass is 10.0. The number of rotatable bonds is 13. The van der Waals surface area contributed by atoms with E-state index < -0.39 is 60.8 Å². The first kappa shape index (κ1) is 25.6. The molecule has 0 aromatic carbocycles. The summed E-state index contributed by atoms with van der Waals surface area (Å²) in [7, 11) is 0.